The number of nitrogens with zero attached hydrogens (tertiary/aromatic N) is 1. The first-order chi connectivity index (χ1) is 10.2. The highest BCUT2D eigenvalue weighted by molar-refractivity contribution is 5.46. The average molecular weight is 292 g/mol. The number of ether oxygens (including phenoxy) is 2. The molecule has 1 aromatic carbocycles. The third-order valence-electron chi connectivity index (χ3n) is 3.66. The maximum absolute atomic E-state index is 5.97. The van der Waals surface area contributed by atoms with Gasteiger partial charge in [-0.3, -0.25) is 4.90 Å². The van der Waals surface area contributed by atoms with Gasteiger partial charge in [-0.1, -0.05) is 19.1 Å². The van der Waals surface area contributed by atoms with Crippen molar-refractivity contribution in [2.24, 2.45) is 0 Å². The van der Waals surface area contributed by atoms with Crippen LogP contribution in [0.15, 0.2) is 18.2 Å². The topological polar surface area (TPSA) is 33.7 Å². The molecule has 21 heavy (non-hydrogen) atoms. The van der Waals surface area contributed by atoms with E-state index in [0.717, 1.165) is 50.7 Å². The molecule has 0 amide bonds. The predicted molar refractivity (Wildman–Crippen MR) is 86.1 cm³/mol. The molecule has 0 radical (unpaired) electrons. The number of hydrogen-bond donors (Lipinski definition) is 1. The quantitative estimate of drug-likeness (QED) is 0.838. The zero-order chi connectivity index (χ0) is 15.1. The minimum Gasteiger partial charge on any atom is -0.490 e. The van der Waals surface area contributed by atoms with Crippen LogP contribution in [-0.2, 0) is 6.54 Å². The lowest BCUT2D eigenvalue weighted by Gasteiger charge is -2.32. The number of rotatable bonds is 7. The predicted octanol–water partition coefficient (Wildman–Crippen LogP) is 2.67. The van der Waals surface area contributed by atoms with Gasteiger partial charge in [0.05, 0.1) is 13.2 Å². The monoisotopic (exact) mass is 292 g/mol. The number of para-hydroxylation sites is 1. The highest BCUT2D eigenvalue weighted by atomic mass is 16.5. The van der Waals surface area contributed by atoms with Crippen molar-refractivity contribution in [2.45, 2.75) is 39.8 Å². The van der Waals surface area contributed by atoms with Crippen LogP contribution in [0.3, 0.4) is 0 Å². The fourth-order valence-electron chi connectivity index (χ4n) is 2.72. The molecule has 1 aliphatic heterocycles. The van der Waals surface area contributed by atoms with E-state index in [2.05, 4.69) is 36.2 Å². The first-order valence-corrected chi connectivity index (χ1v) is 8.07. The minimum absolute atomic E-state index is 0.550. The van der Waals surface area contributed by atoms with Crippen molar-refractivity contribution in [3.05, 3.63) is 23.8 Å². The van der Waals surface area contributed by atoms with Gasteiger partial charge in [0.1, 0.15) is 0 Å². The smallest absolute Gasteiger partial charge is 0.165 e. The van der Waals surface area contributed by atoms with Crippen molar-refractivity contribution in [1.82, 2.24) is 10.2 Å². The summed E-state index contributed by atoms with van der Waals surface area (Å²) in [6.07, 6.45) is 1.00. The zero-order valence-corrected chi connectivity index (χ0v) is 13.5. The molecular weight excluding hydrogens is 264 g/mol. The van der Waals surface area contributed by atoms with Crippen LogP contribution in [-0.4, -0.2) is 43.8 Å². The maximum Gasteiger partial charge on any atom is 0.165 e. The van der Waals surface area contributed by atoms with Gasteiger partial charge in [0, 0.05) is 37.8 Å². The number of nitrogens with one attached hydrogen (secondary N) is 1. The van der Waals surface area contributed by atoms with E-state index in [9.17, 15) is 0 Å². The molecule has 0 aromatic heterocycles. The zero-order valence-electron chi connectivity index (χ0n) is 13.5. The Morgan fingerprint density at radius 1 is 1.29 bits per heavy atom. The molecule has 1 atom stereocenters. The molecule has 2 rings (SSSR count). The van der Waals surface area contributed by atoms with E-state index in [1.165, 1.54) is 5.56 Å². The minimum atomic E-state index is 0.550. The lowest BCUT2D eigenvalue weighted by molar-refractivity contribution is 0.194. The van der Waals surface area contributed by atoms with E-state index in [4.69, 9.17) is 9.47 Å². The largest absolute Gasteiger partial charge is 0.490 e. The van der Waals surface area contributed by atoms with Crippen molar-refractivity contribution in [2.75, 3.05) is 32.8 Å². The summed E-state index contributed by atoms with van der Waals surface area (Å²) in [6, 6.07) is 6.76. The number of hydrogen-bond acceptors (Lipinski definition) is 4. The van der Waals surface area contributed by atoms with Crippen LogP contribution in [0.2, 0.25) is 0 Å². The second kappa shape index (κ2) is 8.25. The Morgan fingerprint density at radius 2 is 2.14 bits per heavy atom. The van der Waals surface area contributed by atoms with Crippen molar-refractivity contribution < 1.29 is 9.47 Å². The summed E-state index contributed by atoms with van der Waals surface area (Å²) in [7, 11) is 0. The SMILES string of the molecule is CCCOc1c(CN2CCN[C@@H](C)C2)cccc1OCC. The Kier molecular flexibility index (Phi) is 6.33. The van der Waals surface area contributed by atoms with E-state index in [1.54, 1.807) is 0 Å². The summed E-state index contributed by atoms with van der Waals surface area (Å²) in [6.45, 7) is 11.9. The fourth-order valence-corrected chi connectivity index (χ4v) is 2.72. The first kappa shape index (κ1) is 16.1. The van der Waals surface area contributed by atoms with E-state index < -0.39 is 0 Å². The van der Waals surface area contributed by atoms with Gasteiger partial charge in [0.2, 0.25) is 0 Å². The van der Waals surface area contributed by atoms with E-state index in [0.29, 0.717) is 12.6 Å². The van der Waals surface area contributed by atoms with Gasteiger partial charge in [-0.15, -0.1) is 0 Å². The molecule has 1 fully saturated rings. The first-order valence-electron chi connectivity index (χ1n) is 8.07. The van der Waals surface area contributed by atoms with Crippen LogP contribution in [0.25, 0.3) is 0 Å². The third-order valence-corrected chi connectivity index (χ3v) is 3.66. The van der Waals surface area contributed by atoms with Gasteiger partial charge in [-0.05, 0) is 26.3 Å². The van der Waals surface area contributed by atoms with E-state index >= 15 is 0 Å². The van der Waals surface area contributed by atoms with Crippen molar-refractivity contribution in [3.63, 3.8) is 0 Å². The van der Waals surface area contributed by atoms with Gasteiger partial charge in [-0.25, -0.2) is 0 Å². The lowest BCUT2D eigenvalue weighted by atomic mass is 10.1. The van der Waals surface area contributed by atoms with Crippen LogP contribution in [0.4, 0.5) is 0 Å². The van der Waals surface area contributed by atoms with Gasteiger partial charge in [0.15, 0.2) is 11.5 Å². The molecule has 0 unspecified atom stereocenters. The summed E-state index contributed by atoms with van der Waals surface area (Å²) >= 11 is 0. The normalized spacial score (nSPS) is 19.5. The Morgan fingerprint density at radius 3 is 2.86 bits per heavy atom. The van der Waals surface area contributed by atoms with Crippen LogP contribution in [0.5, 0.6) is 11.5 Å². The Balaban J connectivity index is 2.14. The average Bonchev–Trinajstić information content (AvgIpc) is 2.47. The van der Waals surface area contributed by atoms with Gasteiger partial charge in [-0.2, -0.15) is 0 Å². The highest BCUT2D eigenvalue weighted by Crippen LogP contribution is 2.32. The molecule has 1 N–H and O–H groups in total. The standard InChI is InChI=1S/C17H28N2O2/c1-4-11-21-17-15(7-6-8-16(17)20-5-2)13-19-10-9-18-14(3)12-19/h6-8,14,18H,4-5,9-13H2,1-3H3/t14-/m0/s1. The van der Waals surface area contributed by atoms with Crippen LogP contribution in [0.1, 0.15) is 32.8 Å². The van der Waals surface area contributed by atoms with Crippen molar-refractivity contribution in [3.8, 4) is 11.5 Å². The molecule has 1 aromatic rings. The molecule has 0 spiro atoms. The van der Waals surface area contributed by atoms with E-state index in [-0.39, 0.29) is 0 Å². The summed E-state index contributed by atoms with van der Waals surface area (Å²) < 4.78 is 11.7. The van der Waals surface area contributed by atoms with Crippen LogP contribution in [0, 0.1) is 0 Å². The molecule has 4 nitrogen and oxygen atoms in total. The van der Waals surface area contributed by atoms with Gasteiger partial charge < -0.3 is 14.8 Å². The Labute approximate surface area is 128 Å². The third kappa shape index (κ3) is 4.61. The molecule has 118 valence electrons. The summed E-state index contributed by atoms with van der Waals surface area (Å²) in [5, 5.41) is 3.48. The number of piperazine rings is 1. The van der Waals surface area contributed by atoms with Gasteiger partial charge >= 0.3 is 0 Å². The van der Waals surface area contributed by atoms with Gasteiger partial charge in [0.25, 0.3) is 0 Å². The van der Waals surface area contributed by atoms with Crippen LogP contribution < -0.4 is 14.8 Å². The second-order valence-electron chi connectivity index (χ2n) is 5.62. The maximum atomic E-state index is 5.97. The fraction of sp³-hybridized carbons (Fsp3) is 0.647. The summed E-state index contributed by atoms with van der Waals surface area (Å²) in [5.41, 5.74) is 1.23. The summed E-state index contributed by atoms with van der Waals surface area (Å²) in [5.74, 6) is 1.79. The molecule has 0 bridgehead atoms. The molecule has 4 heteroatoms. The van der Waals surface area contributed by atoms with Crippen molar-refractivity contribution >= 4 is 0 Å². The Hall–Kier alpha value is -1.26. The molecule has 0 aliphatic carbocycles. The number of benzene rings is 1. The molecule has 1 heterocycles. The van der Waals surface area contributed by atoms with E-state index in [1.807, 2.05) is 13.0 Å². The lowest BCUT2D eigenvalue weighted by Crippen LogP contribution is -2.48. The summed E-state index contributed by atoms with van der Waals surface area (Å²) in [4.78, 5) is 2.48. The highest BCUT2D eigenvalue weighted by Gasteiger charge is 2.18. The van der Waals surface area contributed by atoms with Crippen LogP contribution >= 0.6 is 0 Å². The molecule has 1 saturated heterocycles. The molecular formula is C17H28N2O2. The van der Waals surface area contributed by atoms with Crippen molar-refractivity contribution in [1.29, 1.82) is 0 Å². The Bertz CT molecular complexity index is 437. The molecule has 1 aliphatic rings. The molecule has 0 saturated carbocycles. The second-order valence-corrected chi connectivity index (χ2v) is 5.62.